The Kier molecular flexibility index (Phi) is 5.91. The molecule has 0 aliphatic carbocycles. The summed E-state index contributed by atoms with van der Waals surface area (Å²) in [5.74, 6) is 0.913. The quantitative estimate of drug-likeness (QED) is 0.652. The van der Waals surface area contributed by atoms with Crippen LogP contribution in [0.3, 0.4) is 0 Å². The molecule has 0 spiro atoms. The normalized spacial score (nSPS) is 10.2. The Labute approximate surface area is 161 Å². The highest BCUT2D eigenvalue weighted by molar-refractivity contribution is 6.06. The van der Waals surface area contributed by atoms with Gasteiger partial charge in [0.15, 0.2) is 11.5 Å². The molecule has 144 valence electrons. The van der Waals surface area contributed by atoms with Crippen molar-refractivity contribution in [2.24, 2.45) is 0 Å². The van der Waals surface area contributed by atoms with Crippen molar-refractivity contribution in [1.82, 2.24) is 10.3 Å². The van der Waals surface area contributed by atoms with Gasteiger partial charge in [0.1, 0.15) is 5.76 Å². The summed E-state index contributed by atoms with van der Waals surface area (Å²) in [6.45, 7) is 0.244. The molecule has 28 heavy (non-hydrogen) atoms. The van der Waals surface area contributed by atoms with Crippen LogP contribution in [0.15, 0.2) is 59.5 Å². The van der Waals surface area contributed by atoms with Gasteiger partial charge in [-0.15, -0.1) is 0 Å². The molecule has 0 aliphatic rings. The third-order valence-corrected chi connectivity index (χ3v) is 3.91. The number of amides is 2. The molecule has 2 amide bonds. The van der Waals surface area contributed by atoms with Crippen LogP contribution in [0.4, 0.5) is 5.69 Å². The minimum Gasteiger partial charge on any atom is -0.493 e. The second-order valence-electron chi connectivity index (χ2n) is 5.75. The minimum atomic E-state index is -0.402. The lowest BCUT2D eigenvalue weighted by atomic mass is 10.1. The molecule has 1 aromatic carbocycles. The molecule has 0 saturated carbocycles. The van der Waals surface area contributed by atoms with Crippen molar-refractivity contribution in [3.8, 4) is 11.5 Å². The maximum absolute atomic E-state index is 12.5. The van der Waals surface area contributed by atoms with E-state index in [1.165, 1.54) is 38.9 Å². The van der Waals surface area contributed by atoms with Gasteiger partial charge in [0.05, 0.1) is 38.2 Å². The van der Waals surface area contributed by atoms with Gasteiger partial charge in [0.25, 0.3) is 11.8 Å². The molecule has 3 aromatic rings. The first-order valence-corrected chi connectivity index (χ1v) is 8.39. The molecule has 3 rings (SSSR count). The van der Waals surface area contributed by atoms with E-state index in [2.05, 4.69) is 15.6 Å². The highest BCUT2D eigenvalue weighted by Crippen LogP contribution is 2.29. The summed E-state index contributed by atoms with van der Waals surface area (Å²) in [7, 11) is 3.04. The summed E-state index contributed by atoms with van der Waals surface area (Å²) >= 11 is 0. The molecule has 8 nitrogen and oxygen atoms in total. The summed E-state index contributed by atoms with van der Waals surface area (Å²) in [6.07, 6.45) is 4.31. The largest absolute Gasteiger partial charge is 0.493 e. The van der Waals surface area contributed by atoms with Crippen LogP contribution in [-0.4, -0.2) is 31.0 Å². The lowest BCUT2D eigenvalue weighted by Crippen LogP contribution is -2.23. The zero-order valence-electron chi connectivity index (χ0n) is 15.4. The average Bonchev–Trinajstić information content (AvgIpc) is 3.25. The number of nitrogens with zero attached hydrogens (tertiary/aromatic N) is 1. The van der Waals surface area contributed by atoms with E-state index >= 15 is 0 Å². The van der Waals surface area contributed by atoms with Crippen molar-refractivity contribution in [3.63, 3.8) is 0 Å². The Bertz CT molecular complexity index is 970. The van der Waals surface area contributed by atoms with E-state index in [-0.39, 0.29) is 23.6 Å². The van der Waals surface area contributed by atoms with Crippen LogP contribution in [-0.2, 0) is 6.54 Å². The van der Waals surface area contributed by atoms with Gasteiger partial charge in [-0.2, -0.15) is 0 Å². The van der Waals surface area contributed by atoms with Gasteiger partial charge in [-0.25, -0.2) is 0 Å². The van der Waals surface area contributed by atoms with Crippen LogP contribution in [0, 0.1) is 0 Å². The fraction of sp³-hybridized carbons (Fsp3) is 0.150. The number of furan rings is 1. The highest BCUT2D eigenvalue weighted by atomic mass is 16.5. The predicted molar refractivity (Wildman–Crippen MR) is 102 cm³/mol. The third-order valence-electron chi connectivity index (χ3n) is 3.91. The van der Waals surface area contributed by atoms with Gasteiger partial charge in [-0.1, -0.05) is 0 Å². The predicted octanol–water partition coefficient (Wildman–Crippen LogP) is 2.87. The Hall–Kier alpha value is -3.81. The number of pyridine rings is 1. The highest BCUT2D eigenvalue weighted by Gasteiger charge is 2.13. The number of nitrogens with one attached hydrogen (secondary N) is 2. The molecular formula is C20H19N3O5. The van der Waals surface area contributed by atoms with E-state index in [1.54, 1.807) is 30.3 Å². The van der Waals surface area contributed by atoms with Crippen molar-refractivity contribution in [2.75, 3.05) is 19.5 Å². The van der Waals surface area contributed by atoms with E-state index in [1.807, 2.05) is 0 Å². The van der Waals surface area contributed by atoms with E-state index in [4.69, 9.17) is 13.9 Å². The standard InChI is InChI=1S/C20H19N3O5/c1-26-17-6-5-15(9-18(17)27-2)23-20(25)14-8-13(10-21-11-14)19(24)22-12-16-4-3-7-28-16/h3-11H,12H2,1-2H3,(H,22,24)(H,23,25). The fourth-order valence-electron chi connectivity index (χ4n) is 2.49. The Morgan fingerprint density at radius 2 is 1.75 bits per heavy atom. The minimum absolute atomic E-state index is 0.244. The molecule has 0 radical (unpaired) electrons. The third kappa shape index (κ3) is 4.47. The first-order valence-electron chi connectivity index (χ1n) is 8.39. The first kappa shape index (κ1) is 19.0. The van der Waals surface area contributed by atoms with Crippen LogP contribution in [0.5, 0.6) is 11.5 Å². The second kappa shape index (κ2) is 8.72. The number of anilines is 1. The molecule has 0 bridgehead atoms. The van der Waals surface area contributed by atoms with Gasteiger partial charge >= 0.3 is 0 Å². The van der Waals surface area contributed by atoms with Crippen LogP contribution >= 0.6 is 0 Å². The molecule has 0 unspecified atom stereocenters. The average molecular weight is 381 g/mol. The molecular weight excluding hydrogens is 362 g/mol. The number of carbonyl (C=O) groups is 2. The summed E-state index contributed by atoms with van der Waals surface area (Å²) in [6, 6.07) is 9.98. The van der Waals surface area contributed by atoms with E-state index in [0.717, 1.165) is 0 Å². The molecule has 2 aromatic heterocycles. The molecule has 0 fully saturated rings. The Balaban J connectivity index is 1.69. The first-order chi connectivity index (χ1) is 13.6. The van der Waals surface area contributed by atoms with Crippen LogP contribution in [0.1, 0.15) is 26.5 Å². The molecule has 8 heteroatoms. The number of hydrogen-bond donors (Lipinski definition) is 2. The lowest BCUT2D eigenvalue weighted by molar-refractivity contribution is 0.0947. The second-order valence-corrected chi connectivity index (χ2v) is 5.75. The van der Waals surface area contributed by atoms with Crippen molar-refractivity contribution in [1.29, 1.82) is 0 Å². The van der Waals surface area contributed by atoms with Crippen molar-refractivity contribution in [3.05, 3.63) is 71.9 Å². The number of ether oxygens (including phenoxy) is 2. The van der Waals surface area contributed by atoms with Crippen LogP contribution in [0.2, 0.25) is 0 Å². The van der Waals surface area contributed by atoms with Crippen molar-refractivity contribution < 1.29 is 23.5 Å². The van der Waals surface area contributed by atoms with E-state index < -0.39 is 5.91 Å². The van der Waals surface area contributed by atoms with Gasteiger partial charge in [0.2, 0.25) is 0 Å². The van der Waals surface area contributed by atoms with Gasteiger partial charge in [0, 0.05) is 24.1 Å². The summed E-state index contributed by atoms with van der Waals surface area (Å²) in [5.41, 5.74) is 1.04. The molecule has 0 aliphatic heterocycles. The monoisotopic (exact) mass is 381 g/mol. The maximum atomic E-state index is 12.5. The SMILES string of the molecule is COc1ccc(NC(=O)c2cncc(C(=O)NCc3ccco3)c2)cc1OC. The number of methoxy groups -OCH3 is 2. The van der Waals surface area contributed by atoms with Crippen LogP contribution in [0.25, 0.3) is 0 Å². The summed E-state index contributed by atoms with van der Waals surface area (Å²) in [4.78, 5) is 28.8. The number of benzene rings is 1. The number of rotatable bonds is 7. The Morgan fingerprint density at radius 3 is 2.43 bits per heavy atom. The molecule has 0 atom stereocenters. The lowest BCUT2D eigenvalue weighted by Gasteiger charge is -2.11. The zero-order valence-corrected chi connectivity index (χ0v) is 15.4. The fourth-order valence-corrected chi connectivity index (χ4v) is 2.49. The van der Waals surface area contributed by atoms with Crippen molar-refractivity contribution >= 4 is 17.5 Å². The molecule has 2 N–H and O–H groups in total. The van der Waals surface area contributed by atoms with E-state index in [9.17, 15) is 9.59 Å². The summed E-state index contributed by atoms with van der Waals surface area (Å²) in [5, 5.41) is 5.45. The van der Waals surface area contributed by atoms with E-state index in [0.29, 0.717) is 22.9 Å². The topological polar surface area (TPSA) is 103 Å². The smallest absolute Gasteiger partial charge is 0.257 e. The molecule has 2 heterocycles. The van der Waals surface area contributed by atoms with Gasteiger partial charge in [-0.3, -0.25) is 14.6 Å². The number of carbonyl (C=O) groups excluding carboxylic acids is 2. The van der Waals surface area contributed by atoms with Crippen LogP contribution < -0.4 is 20.1 Å². The van der Waals surface area contributed by atoms with Gasteiger partial charge < -0.3 is 24.5 Å². The van der Waals surface area contributed by atoms with Gasteiger partial charge in [-0.05, 0) is 30.3 Å². The van der Waals surface area contributed by atoms with Crippen molar-refractivity contribution in [2.45, 2.75) is 6.54 Å². The zero-order chi connectivity index (χ0) is 19.9. The number of aromatic nitrogens is 1. The molecule has 0 saturated heterocycles. The number of hydrogen-bond acceptors (Lipinski definition) is 6. The summed E-state index contributed by atoms with van der Waals surface area (Å²) < 4.78 is 15.6. The maximum Gasteiger partial charge on any atom is 0.257 e. The Morgan fingerprint density at radius 1 is 1.00 bits per heavy atom.